The van der Waals surface area contributed by atoms with Gasteiger partial charge in [-0.25, -0.2) is 15.0 Å². The molecule has 6 heteroatoms. The summed E-state index contributed by atoms with van der Waals surface area (Å²) < 4.78 is 11.3. The minimum absolute atomic E-state index is 0.187. The third kappa shape index (κ3) is 5.01. The van der Waals surface area contributed by atoms with Gasteiger partial charge >= 0.3 is 0 Å². The molecule has 0 unspecified atom stereocenters. The zero-order valence-electron chi connectivity index (χ0n) is 34.0. The average molecular weight is 796 g/mol. The van der Waals surface area contributed by atoms with Crippen molar-refractivity contribution >= 4 is 54.6 Å². The SMILES string of the molecule is CC1(C)c2ccccc2-c2c(-c3nc(-c4cc(-n5c6ccccc6c6ccccc65)cc(-n5c6ccccc6c6ccccc65)c4)nc(-c4cc5ccccc5o4)n3)cccc21. The van der Waals surface area contributed by atoms with Crippen molar-refractivity contribution < 1.29 is 4.42 Å². The summed E-state index contributed by atoms with van der Waals surface area (Å²) in [5.41, 5.74) is 13.8. The Morgan fingerprint density at radius 2 is 0.903 bits per heavy atom. The second-order valence-corrected chi connectivity index (χ2v) is 16.8. The Bertz CT molecular complexity index is 3540. The largest absolute Gasteiger partial charge is 0.453 e. The van der Waals surface area contributed by atoms with Gasteiger partial charge in [-0.3, -0.25) is 0 Å². The summed E-state index contributed by atoms with van der Waals surface area (Å²) in [5, 5.41) is 5.78. The highest BCUT2D eigenvalue weighted by molar-refractivity contribution is 6.11. The van der Waals surface area contributed by atoms with Crippen molar-refractivity contribution in [3.05, 3.63) is 199 Å². The third-order valence-corrected chi connectivity index (χ3v) is 13.0. The van der Waals surface area contributed by atoms with Gasteiger partial charge in [0.05, 0.1) is 22.1 Å². The summed E-state index contributed by atoms with van der Waals surface area (Å²) in [6.07, 6.45) is 0. The average Bonchev–Trinajstić information content (AvgIpc) is 4.06. The Hall–Kier alpha value is -8.09. The normalized spacial score (nSPS) is 13.1. The van der Waals surface area contributed by atoms with Crippen molar-refractivity contribution in [1.82, 2.24) is 24.1 Å². The van der Waals surface area contributed by atoms with Gasteiger partial charge in [0, 0.05) is 54.8 Å². The molecule has 13 rings (SSSR count). The van der Waals surface area contributed by atoms with Crippen molar-refractivity contribution in [2.24, 2.45) is 0 Å². The first-order chi connectivity index (χ1) is 30.5. The highest BCUT2D eigenvalue weighted by Gasteiger charge is 2.37. The molecule has 62 heavy (non-hydrogen) atoms. The Morgan fingerprint density at radius 1 is 0.419 bits per heavy atom. The molecule has 0 bridgehead atoms. The standard InChI is InChI=1S/C56H37N5O/c1-56(2)44-23-9-4-21-42(44)52-43(22-15-24-45(52)56)54-57-53(58-55(59-54)51-32-34-16-3-14-29-50(34)62-51)35-30-36(60-46-25-10-5-17-38(46)39-18-6-11-26-47(39)60)33-37(31-35)61-48-27-12-7-19-40(48)41-20-8-13-28-49(41)61/h3-33H,1-2H3. The van der Waals surface area contributed by atoms with E-state index < -0.39 is 0 Å². The molecule has 0 spiro atoms. The van der Waals surface area contributed by atoms with Crippen LogP contribution in [-0.4, -0.2) is 24.1 Å². The molecule has 0 radical (unpaired) electrons. The molecule has 4 heterocycles. The molecule has 0 N–H and O–H groups in total. The summed E-state index contributed by atoms with van der Waals surface area (Å²) in [5.74, 6) is 2.21. The molecule has 0 amide bonds. The van der Waals surface area contributed by atoms with E-state index in [4.69, 9.17) is 19.4 Å². The first-order valence-electron chi connectivity index (χ1n) is 21.1. The summed E-state index contributed by atoms with van der Waals surface area (Å²) in [6.45, 7) is 4.60. The van der Waals surface area contributed by atoms with E-state index in [-0.39, 0.29) is 5.41 Å². The van der Waals surface area contributed by atoms with E-state index in [9.17, 15) is 0 Å². The van der Waals surface area contributed by atoms with Crippen LogP contribution in [-0.2, 0) is 5.41 Å². The van der Waals surface area contributed by atoms with Crippen molar-refractivity contribution in [1.29, 1.82) is 0 Å². The van der Waals surface area contributed by atoms with Crippen molar-refractivity contribution in [2.45, 2.75) is 19.3 Å². The van der Waals surface area contributed by atoms with Crippen LogP contribution in [0.4, 0.5) is 0 Å². The minimum atomic E-state index is -0.187. The smallest absolute Gasteiger partial charge is 0.199 e. The highest BCUT2D eigenvalue weighted by Crippen LogP contribution is 2.52. The number of benzene rings is 8. The van der Waals surface area contributed by atoms with Crippen LogP contribution in [0, 0.1) is 0 Å². The molecule has 8 aromatic carbocycles. The van der Waals surface area contributed by atoms with Gasteiger partial charge in [-0.2, -0.15) is 0 Å². The highest BCUT2D eigenvalue weighted by atomic mass is 16.3. The van der Waals surface area contributed by atoms with Gasteiger partial charge in [0.15, 0.2) is 23.2 Å². The molecule has 0 atom stereocenters. The van der Waals surface area contributed by atoms with Crippen LogP contribution in [0.1, 0.15) is 25.0 Å². The molecule has 1 aliphatic carbocycles. The van der Waals surface area contributed by atoms with Crippen LogP contribution in [0.2, 0.25) is 0 Å². The summed E-state index contributed by atoms with van der Waals surface area (Å²) >= 11 is 0. The summed E-state index contributed by atoms with van der Waals surface area (Å²) in [4.78, 5) is 16.1. The van der Waals surface area contributed by atoms with E-state index in [2.05, 4.69) is 187 Å². The maximum atomic E-state index is 6.51. The maximum Gasteiger partial charge on any atom is 0.199 e. The van der Waals surface area contributed by atoms with Gasteiger partial charge in [-0.05, 0) is 76.9 Å². The zero-order valence-corrected chi connectivity index (χ0v) is 34.0. The molecule has 12 aromatic rings. The maximum absolute atomic E-state index is 6.51. The predicted octanol–water partition coefficient (Wildman–Crippen LogP) is 14.1. The molecule has 0 saturated carbocycles. The van der Waals surface area contributed by atoms with Gasteiger partial charge in [0.2, 0.25) is 0 Å². The van der Waals surface area contributed by atoms with E-state index in [1.54, 1.807) is 0 Å². The molecule has 1 aliphatic rings. The first kappa shape index (κ1) is 34.7. The quantitative estimate of drug-likeness (QED) is 0.174. The lowest BCUT2D eigenvalue weighted by molar-refractivity contribution is 0.625. The summed E-state index contributed by atoms with van der Waals surface area (Å²) in [7, 11) is 0. The number of hydrogen-bond donors (Lipinski definition) is 0. The zero-order chi connectivity index (χ0) is 41.1. The molecule has 4 aromatic heterocycles. The first-order valence-corrected chi connectivity index (χ1v) is 21.1. The van der Waals surface area contributed by atoms with Crippen molar-refractivity contribution in [3.8, 4) is 56.9 Å². The van der Waals surface area contributed by atoms with E-state index in [0.29, 0.717) is 23.2 Å². The monoisotopic (exact) mass is 795 g/mol. The van der Waals surface area contributed by atoms with Gasteiger partial charge in [-0.1, -0.05) is 147 Å². The molecule has 0 saturated heterocycles. The Kier molecular flexibility index (Phi) is 7.26. The lowest BCUT2D eigenvalue weighted by atomic mass is 9.82. The Morgan fingerprint density at radius 3 is 1.52 bits per heavy atom. The second-order valence-electron chi connectivity index (χ2n) is 16.8. The van der Waals surface area contributed by atoms with Gasteiger partial charge in [0.25, 0.3) is 0 Å². The lowest BCUT2D eigenvalue weighted by Gasteiger charge is -2.21. The number of fused-ring (bicyclic) bond motifs is 10. The molecule has 0 aliphatic heterocycles. The van der Waals surface area contributed by atoms with Crippen LogP contribution in [0.15, 0.2) is 192 Å². The predicted molar refractivity (Wildman–Crippen MR) is 252 cm³/mol. The van der Waals surface area contributed by atoms with E-state index in [1.165, 1.54) is 38.2 Å². The molecule has 0 fully saturated rings. The van der Waals surface area contributed by atoms with Gasteiger partial charge in [-0.15, -0.1) is 0 Å². The second kappa shape index (κ2) is 13.0. The molecular weight excluding hydrogens is 759 g/mol. The van der Waals surface area contributed by atoms with Crippen LogP contribution in [0.3, 0.4) is 0 Å². The van der Waals surface area contributed by atoms with Crippen LogP contribution >= 0.6 is 0 Å². The number of nitrogens with zero attached hydrogens (tertiary/aromatic N) is 5. The topological polar surface area (TPSA) is 61.7 Å². The van der Waals surface area contributed by atoms with Crippen LogP contribution in [0.5, 0.6) is 0 Å². The third-order valence-electron chi connectivity index (χ3n) is 13.0. The van der Waals surface area contributed by atoms with E-state index >= 15 is 0 Å². The van der Waals surface area contributed by atoms with Gasteiger partial charge in [0.1, 0.15) is 5.58 Å². The number of hydrogen-bond acceptors (Lipinski definition) is 4. The number of furan rings is 1. The minimum Gasteiger partial charge on any atom is -0.453 e. The number of aromatic nitrogens is 5. The molecule has 292 valence electrons. The Labute approximate surface area is 357 Å². The number of para-hydroxylation sites is 5. The van der Waals surface area contributed by atoms with E-state index in [1.807, 2.05) is 24.3 Å². The fourth-order valence-electron chi connectivity index (χ4n) is 10.2. The lowest BCUT2D eigenvalue weighted by Crippen LogP contribution is -2.14. The van der Waals surface area contributed by atoms with E-state index in [0.717, 1.165) is 61.1 Å². The van der Waals surface area contributed by atoms with Crippen molar-refractivity contribution in [3.63, 3.8) is 0 Å². The fourth-order valence-corrected chi connectivity index (χ4v) is 10.2. The van der Waals surface area contributed by atoms with Gasteiger partial charge < -0.3 is 13.6 Å². The van der Waals surface area contributed by atoms with Crippen LogP contribution in [0.25, 0.3) is 111 Å². The molecular formula is C56H37N5O. The molecule has 6 nitrogen and oxygen atoms in total. The van der Waals surface area contributed by atoms with Crippen LogP contribution < -0.4 is 0 Å². The van der Waals surface area contributed by atoms with Crippen molar-refractivity contribution in [2.75, 3.05) is 0 Å². The number of rotatable bonds is 5. The summed E-state index contributed by atoms with van der Waals surface area (Å²) in [6, 6.07) is 66.7. The Balaban J connectivity index is 1.13. The fraction of sp³-hybridized carbons (Fsp3) is 0.0536.